The zero-order chi connectivity index (χ0) is 18.5. The number of hydrogen-bond donors (Lipinski definition) is 0. The van der Waals surface area contributed by atoms with Crippen LogP contribution in [0.5, 0.6) is 5.75 Å². The van der Waals surface area contributed by atoms with Crippen LogP contribution in [0.15, 0.2) is 48.5 Å². The number of hydrogen-bond acceptors (Lipinski definition) is 5. The number of nitrogens with zero attached hydrogens (tertiary/aromatic N) is 1. The standard InChI is InChI=1S/C20H19NO5/c1-14(22)15-6-8-17(9-7-15)25-13-20(24)26-12-19(23)21-11-10-16-4-2-3-5-18(16)21/h2-9H,10-13H2,1H3. The van der Waals surface area contributed by atoms with Crippen molar-refractivity contribution in [1.82, 2.24) is 0 Å². The summed E-state index contributed by atoms with van der Waals surface area (Å²) in [5.74, 6) is -0.472. The number of rotatable bonds is 6. The lowest BCUT2D eigenvalue weighted by Crippen LogP contribution is -2.33. The molecule has 0 saturated heterocycles. The summed E-state index contributed by atoms with van der Waals surface area (Å²) in [7, 11) is 0. The van der Waals surface area contributed by atoms with Crippen LogP contribution >= 0.6 is 0 Å². The third kappa shape index (κ3) is 4.08. The number of benzene rings is 2. The molecular formula is C20H19NO5. The monoisotopic (exact) mass is 353 g/mol. The zero-order valence-corrected chi connectivity index (χ0v) is 14.4. The molecule has 0 unspecified atom stereocenters. The molecule has 3 rings (SSSR count). The predicted molar refractivity (Wildman–Crippen MR) is 95.4 cm³/mol. The average Bonchev–Trinajstić information content (AvgIpc) is 3.09. The maximum Gasteiger partial charge on any atom is 0.344 e. The lowest BCUT2D eigenvalue weighted by molar-refractivity contribution is -0.149. The Hall–Kier alpha value is -3.15. The summed E-state index contributed by atoms with van der Waals surface area (Å²) in [5.41, 5.74) is 2.55. The molecule has 1 heterocycles. The summed E-state index contributed by atoms with van der Waals surface area (Å²) in [6, 6.07) is 14.1. The van der Waals surface area contributed by atoms with Crippen molar-refractivity contribution in [3.63, 3.8) is 0 Å². The van der Waals surface area contributed by atoms with Crippen LogP contribution in [0.1, 0.15) is 22.8 Å². The summed E-state index contributed by atoms with van der Waals surface area (Å²) in [6.45, 7) is 1.45. The van der Waals surface area contributed by atoms with Gasteiger partial charge >= 0.3 is 5.97 Å². The van der Waals surface area contributed by atoms with Gasteiger partial charge in [0.25, 0.3) is 5.91 Å². The second-order valence-electron chi connectivity index (χ2n) is 5.95. The van der Waals surface area contributed by atoms with Gasteiger partial charge in [0.15, 0.2) is 19.0 Å². The number of amides is 1. The van der Waals surface area contributed by atoms with Crippen molar-refractivity contribution in [3.8, 4) is 5.75 Å². The summed E-state index contributed by atoms with van der Waals surface area (Å²) < 4.78 is 10.3. The number of anilines is 1. The van der Waals surface area contributed by atoms with E-state index in [1.807, 2.05) is 24.3 Å². The number of carbonyl (C=O) groups is 3. The van der Waals surface area contributed by atoms with Gasteiger partial charge in [-0.2, -0.15) is 0 Å². The molecule has 0 bridgehead atoms. The topological polar surface area (TPSA) is 72.9 Å². The first-order valence-electron chi connectivity index (χ1n) is 8.32. The molecule has 0 fully saturated rings. The Morgan fingerprint density at radius 1 is 1.00 bits per heavy atom. The minimum absolute atomic E-state index is 0.0436. The molecule has 0 spiro atoms. The van der Waals surface area contributed by atoms with E-state index < -0.39 is 5.97 Å². The maximum absolute atomic E-state index is 12.3. The Bertz CT molecular complexity index is 828. The van der Waals surface area contributed by atoms with E-state index in [0.717, 1.165) is 17.7 Å². The molecule has 1 amide bonds. The highest BCUT2D eigenvalue weighted by Crippen LogP contribution is 2.27. The number of Topliss-reactive ketones (excluding diaryl/α,β-unsaturated/α-hetero) is 1. The maximum atomic E-state index is 12.3. The van der Waals surface area contributed by atoms with Crippen molar-refractivity contribution in [2.45, 2.75) is 13.3 Å². The SMILES string of the molecule is CC(=O)c1ccc(OCC(=O)OCC(=O)N2CCc3ccccc32)cc1. The number of ether oxygens (including phenoxy) is 2. The molecule has 6 nitrogen and oxygen atoms in total. The summed E-state index contributed by atoms with van der Waals surface area (Å²) in [5, 5.41) is 0. The van der Waals surface area contributed by atoms with Gasteiger partial charge in [-0.3, -0.25) is 9.59 Å². The molecule has 134 valence electrons. The fraction of sp³-hybridized carbons (Fsp3) is 0.250. The summed E-state index contributed by atoms with van der Waals surface area (Å²) >= 11 is 0. The predicted octanol–water partition coefficient (Wildman–Crippen LogP) is 2.40. The lowest BCUT2D eigenvalue weighted by atomic mass is 10.1. The van der Waals surface area contributed by atoms with Crippen LogP contribution in [0.2, 0.25) is 0 Å². The van der Waals surface area contributed by atoms with Gasteiger partial charge in [0.2, 0.25) is 0 Å². The van der Waals surface area contributed by atoms with Crippen LogP contribution in [-0.4, -0.2) is 37.4 Å². The molecule has 0 aliphatic carbocycles. The van der Waals surface area contributed by atoms with E-state index in [4.69, 9.17) is 9.47 Å². The van der Waals surface area contributed by atoms with Crippen molar-refractivity contribution >= 4 is 23.3 Å². The number of para-hydroxylation sites is 1. The van der Waals surface area contributed by atoms with E-state index in [1.54, 1.807) is 29.2 Å². The Morgan fingerprint density at radius 3 is 2.46 bits per heavy atom. The average molecular weight is 353 g/mol. The summed E-state index contributed by atoms with van der Waals surface area (Å²) in [4.78, 5) is 36.9. The van der Waals surface area contributed by atoms with Gasteiger partial charge < -0.3 is 14.4 Å². The molecule has 0 aromatic heterocycles. The smallest absolute Gasteiger partial charge is 0.344 e. The van der Waals surface area contributed by atoms with E-state index in [1.165, 1.54) is 6.92 Å². The largest absolute Gasteiger partial charge is 0.482 e. The molecule has 0 N–H and O–H groups in total. The molecule has 6 heteroatoms. The fourth-order valence-electron chi connectivity index (χ4n) is 2.79. The first-order valence-corrected chi connectivity index (χ1v) is 8.32. The van der Waals surface area contributed by atoms with Crippen molar-refractivity contribution in [1.29, 1.82) is 0 Å². The number of esters is 1. The third-order valence-electron chi connectivity index (χ3n) is 4.16. The number of carbonyl (C=O) groups excluding carboxylic acids is 3. The van der Waals surface area contributed by atoms with Gasteiger partial charge in [-0.15, -0.1) is 0 Å². The van der Waals surface area contributed by atoms with E-state index in [0.29, 0.717) is 17.9 Å². The fourth-order valence-corrected chi connectivity index (χ4v) is 2.79. The molecule has 0 saturated carbocycles. The van der Waals surface area contributed by atoms with Gasteiger partial charge in [-0.25, -0.2) is 4.79 Å². The van der Waals surface area contributed by atoms with Gasteiger partial charge in [0.1, 0.15) is 5.75 Å². The van der Waals surface area contributed by atoms with Crippen molar-refractivity contribution in [2.75, 3.05) is 24.7 Å². The van der Waals surface area contributed by atoms with Gasteiger partial charge in [-0.1, -0.05) is 18.2 Å². The molecule has 26 heavy (non-hydrogen) atoms. The second-order valence-corrected chi connectivity index (χ2v) is 5.95. The molecular weight excluding hydrogens is 334 g/mol. The van der Waals surface area contributed by atoms with Crippen LogP contribution in [0.25, 0.3) is 0 Å². The minimum Gasteiger partial charge on any atom is -0.482 e. The van der Waals surface area contributed by atoms with E-state index in [2.05, 4.69) is 0 Å². The van der Waals surface area contributed by atoms with E-state index >= 15 is 0 Å². The number of fused-ring (bicyclic) bond motifs is 1. The van der Waals surface area contributed by atoms with Crippen molar-refractivity contribution < 1.29 is 23.9 Å². The first kappa shape index (κ1) is 17.7. The minimum atomic E-state index is -0.624. The number of ketones is 1. The molecule has 2 aromatic rings. The summed E-state index contributed by atoms with van der Waals surface area (Å²) in [6.07, 6.45) is 0.801. The van der Waals surface area contributed by atoms with Crippen LogP contribution in [0.3, 0.4) is 0 Å². The van der Waals surface area contributed by atoms with Crippen LogP contribution < -0.4 is 9.64 Å². The van der Waals surface area contributed by atoms with E-state index in [-0.39, 0.29) is 24.9 Å². The van der Waals surface area contributed by atoms with Gasteiger partial charge in [-0.05, 0) is 49.2 Å². The Kier molecular flexibility index (Phi) is 5.31. The van der Waals surface area contributed by atoms with Crippen LogP contribution in [0.4, 0.5) is 5.69 Å². The van der Waals surface area contributed by atoms with Crippen molar-refractivity contribution in [3.05, 3.63) is 59.7 Å². The van der Waals surface area contributed by atoms with Crippen molar-refractivity contribution in [2.24, 2.45) is 0 Å². The highest BCUT2D eigenvalue weighted by molar-refractivity contribution is 5.97. The molecule has 0 atom stereocenters. The Balaban J connectivity index is 1.45. The second kappa shape index (κ2) is 7.82. The third-order valence-corrected chi connectivity index (χ3v) is 4.16. The van der Waals surface area contributed by atoms with Crippen LogP contribution in [0, 0.1) is 0 Å². The molecule has 2 aromatic carbocycles. The van der Waals surface area contributed by atoms with Gasteiger partial charge in [0.05, 0.1) is 0 Å². The van der Waals surface area contributed by atoms with E-state index in [9.17, 15) is 14.4 Å². The normalized spacial score (nSPS) is 12.4. The van der Waals surface area contributed by atoms with Crippen LogP contribution in [-0.2, 0) is 20.7 Å². The Morgan fingerprint density at radius 2 is 1.73 bits per heavy atom. The van der Waals surface area contributed by atoms with Gasteiger partial charge in [0, 0.05) is 17.8 Å². The highest BCUT2D eigenvalue weighted by atomic mass is 16.6. The quantitative estimate of drug-likeness (QED) is 0.589. The zero-order valence-electron chi connectivity index (χ0n) is 14.4. The Labute approximate surface area is 151 Å². The molecule has 1 aliphatic heterocycles. The molecule has 0 radical (unpaired) electrons. The first-order chi connectivity index (χ1) is 12.5. The molecule has 1 aliphatic rings. The highest BCUT2D eigenvalue weighted by Gasteiger charge is 2.24. The lowest BCUT2D eigenvalue weighted by Gasteiger charge is -2.17.